The van der Waals surface area contributed by atoms with Crippen molar-refractivity contribution in [3.05, 3.63) is 27.9 Å². The molecule has 2 fully saturated rings. The predicted molar refractivity (Wildman–Crippen MR) is 127 cm³/mol. The zero-order chi connectivity index (χ0) is 23.9. The number of hydrogen-bond donors (Lipinski definition) is 0. The van der Waals surface area contributed by atoms with Crippen LogP contribution in [0, 0.1) is 5.92 Å². The van der Waals surface area contributed by atoms with Crippen molar-refractivity contribution in [1.29, 1.82) is 0 Å². The van der Waals surface area contributed by atoms with Crippen LogP contribution >= 0.6 is 11.3 Å². The molecule has 0 unspecified atom stereocenters. The fourth-order valence-electron chi connectivity index (χ4n) is 4.66. The van der Waals surface area contributed by atoms with Crippen LogP contribution in [0.3, 0.4) is 0 Å². The van der Waals surface area contributed by atoms with E-state index in [1.165, 1.54) is 4.31 Å². The lowest BCUT2D eigenvalue weighted by Gasteiger charge is -2.38. The van der Waals surface area contributed by atoms with Gasteiger partial charge in [-0.15, -0.1) is 0 Å². The Hall–Kier alpha value is -2.24. The number of amides is 2. The molecule has 11 heteroatoms. The van der Waals surface area contributed by atoms with Gasteiger partial charge >= 0.3 is 4.87 Å². The second-order valence-corrected chi connectivity index (χ2v) is 11.9. The maximum Gasteiger partial charge on any atom is 0.308 e. The van der Waals surface area contributed by atoms with E-state index in [0.717, 1.165) is 16.9 Å². The van der Waals surface area contributed by atoms with Gasteiger partial charge in [-0.05, 0) is 44.9 Å². The van der Waals surface area contributed by atoms with Gasteiger partial charge in [0, 0.05) is 58.2 Å². The van der Waals surface area contributed by atoms with E-state index in [2.05, 4.69) is 0 Å². The van der Waals surface area contributed by atoms with Gasteiger partial charge in [0.05, 0.1) is 15.1 Å². The first-order valence-electron chi connectivity index (χ1n) is 11.3. The summed E-state index contributed by atoms with van der Waals surface area (Å²) in [7, 11) is -3.72. The van der Waals surface area contributed by atoms with E-state index in [9.17, 15) is 22.8 Å². The first-order valence-corrected chi connectivity index (χ1v) is 13.5. The monoisotopic (exact) mass is 494 g/mol. The van der Waals surface area contributed by atoms with Gasteiger partial charge in [-0.1, -0.05) is 11.3 Å². The van der Waals surface area contributed by atoms with Gasteiger partial charge in [0.25, 0.3) is 0 Å². The minimum atomic E-state index is -3.72. The fourth-order valence-corrected chi connectivity index (χ4v) is 7.24. The smallest absolute Gasteiger partial charge is 0.308 e. The van der Waals surface area contributed by atoms with Crippen LogP contribution in [0.4, 0.5) is 0 Å². The number of carbonyl (C=O) groups excluding carboxylic acids is 2. The highest BCUT2D eigenvalue weighted by Crippen LogP contribution is 2.27. The highest BCUT2D eigenvalue weighted by Gasteiger charge is 2.34. The number of piperidine rings is 1. The number of rotatable bonds is 4. The van der Waals surface area contributed by atoms with E-state index in [-0.39, 0.29) is 46.6 Å². The molecule has 0 N–H and O–H groups in total. The Morgan fingerprint density at radius 1 is 1.00 bits per heavy atom. The predicted octanol–water partition coefficient (Wildman–Crippen LogP) is 1.74. The van der Waals surface area contributed by atoms with Gasteiger partial charge in [0.1, 0.15) is 0 Å². The molecule has 3 heterocycles. The maximum absolute atomic E-state index is 13.2. The van der Waals surface area contributed by atoms with Crippen molar-refractivity contribution in [2.24, 2.45) is 5.92 Å². The quantitative estimate of drug-likeness (QED) is 0.645. The molecular formula is C22H30N4O5S2. The van der Waals surface area contributed by atoms with Crippen LogP contribution in [0.25, 0.3) is 10.2 Å². The summed E-state index contributed by atoms with van der Waals surface area (Å²) in [5.41, 5.74) is 0.741. The molecule has 180 valence electrons. The molecule has 1 aromatic heterocycles. The van der Waals surface area contributed by atoms with Crippen molar-refractivity contribution < 1.29 is 18.0 Å². The molecule has 4 rings (SSSR count). The van der Waals surface area contributed by atoms with E-state index in [1.807, 2.05) is 13.8 Å². The second-order valence-electron chi connectivity index (χ2n) is 8.97. The Kier molecular flexibility index (Phi) is 6.66. The summed E-state index contributed by atoms with van der Waals surface area (Å²) in [6.07, 6.45) is 1.30. The maximum atomic E-state index is 13.2. The van der Waals surface area contributed by atoms with Crippen LogP contribution in [-0.4, -0.2) is 78.2 Å². The summed E-state index contributed by atoms with van der Waals surface area (Å²) in [4.78, 5) is 40.3. The summed E-state index contributed by atoms with van der Waals surface area (Å²) in [6, 6.07) is 4.83. The summed E-state index contributed by atoms with van der Waals surface area (Å²) in [5.74, 6) is -0.0265. The number of thiazole rings is 1. The molecule has 0 aliphatic carbocycles. The zero-order valence-electron chi connectivity index (χ0n) is 19.2. The first-order chi connectivity index (χ1) is 15.6. The van der Waals surface area contributed by atoms with Crippen molar-refractivity contribution in [1.82, 2.24) is 18.7 Å². The number of likely N-dealkylation sites (tertiary alicyclic amines) is 1. The van der Waals surface area contributed by atoms with E-state index in [0.29, 0.717) is 43.7 Å². The third kappa shape index (κ3) is 4.58. The molecule has 0 saturated carbocycles. The Balaban J connectivity index is 1.42. The molecule has 9 nitrogen and oxygen atoms in total. The zero-order valence-corrected chi connectivity index (χ0v) is 20.8. The van der Waals surface area contributed by atoms with Crippen LogP contribution in [0.2, 0.25) is 0 Å². The number of fused-ring (bicyclic) bond motifs is 1. The lowest BCUT2D eigenvalue weighted by molar-refractivity contribution is -0.141. The molecule has 0 bridgehead atoms. The van der Waals surface area contributed by atoms with Gasteiger partial charge in [0.15, 0.2) is 0 Å². The summed E-state index contributed by atoms with van der Waals surface area (Å²) in [6.45, 7) is 7.75. The van der Waals surface area contributed by atoms with Crippen molar-refractivity contribution in [2.45, 2.75) is 44.6 Å². The molecule has 0 atom stereocenters. The van der Waals surface area contributed by atoms with Crippen LogP contribution in [0.5, 0.6) is 0 Å². The lowest BCUT2D eigenvalue weighted by atomic mass is 9.95. The van der Waals surface area contributed by atoms with Crippen molar-refractivity contribution in [3.8, 4) is 0 Å². The standard InChI is InChI=1S/C22H30N4O5S2/c1-15(2)26-19-5-4-18(14-20(19)32-22(26)29)33(30,31)25-12-10-24(11-13-25)21(28)17-6-8-23(9-7-17)16(3)27/h4-5,14-15,17H,6-13H2,1-3H3. The summed E-state index contributed by atoms with van der Waals surface area (Å²) >= 11 is 1.05. The number of sulfonamides is 1. The Bertz CT molecular complexity index is 1220. The van der Waals surface area contributed by atoms with Crippen LogP contribution < -0.4 is 4.87 Å². The highest BCUT2D eigenvalue weighted by atomic mass is 32.2. The number of carbonyl (C=O) groups is 2. The Morgan fingerprint density at radius 3 is 2.21 bits per heavy atom. The molecule has 2 amide bonds. The summed E-state index contributed by atoms with van der Waals surface area (Å²) in [5, 5.41) is 0. The molecule has 1 aromatic carbocycles. The molecular weight excluding hydrogens is 464 g/mol. The normalized spacial score (nSPS) is 18.9. The number of benzene rings is 1. The molecule has 2 saturated heterocycles. The van der Waals surface area contributed by atoms with E-state index in [4.69, 9.17) is 0 Å². The number of aromatic nitrogens is 1. The molecule has 2 aliphatic heterocycles. The molecule has 33 heavy (non-hydrogen) atoms. The number of hydrogen-bond acceptors (Lipinski definition) is 6. The van der Waals surface area contributed by atoms with Crippen molar-refractivity contribution in [2.75, 3.05) is 39.3 Å². The molecule has 2 aliphatic rings. The minimum absolute atomic E-state index is 0.00554. The van der Waals surface area contributed by atoms with E-state index in [1.54, 1.807) is 39.5 Å². The third-order valence-corrected chi connectivity index (χ3v) is 9.39. The van der Waals surface area contributed by atoms with Gasteiger partial charge < -0.3 is 9.80 Å². The average Bonchev–Trinajstić information content (AvgIpc) is 3.13. The molecule has 0 spiro atoms. The van der Waals surface area contributed by atoms with Crippen LogP contribution in [0.15, 0.2) is 27.9 Å². The Morgan fingerprint density at radius 2 is 1.64 bits per heavy atom. The lowest BCUT2D eigenvalue weighted by Crippen LogP contribution is -2.53. The van der Waals surface area contributed by atoms with Gasteiger partial charge in [-0.25, -0.2) is 8.42 Å². The second kappa shape index (κ2) is 9.19. The van der Waals surface area contributed by atoms with E-state index < -0.39 is 10.0 Å². The van der Waals surface area contributed by atoms with E-state index >= 15 is 0 Å². The van der Waals surface area contributed by atoms with Crippen molar-refractivity contribution >= 4 is 43.4 Å². The topological polar surface area (TPSA) is 100 Å². The largest absolute Gasteiger partial charge is 0.343 e. The van der Waals surface area contributed by atoms with Gasteiger partial charge in [-0.2, -0.15) is 4.31 Å². The first kappa shape index (κ1) is 23.9. The van der Waals surface area contributed by atoms with Crippen LogP contribution in [0.1, 0.15) is 39.7 Å². The molecule has 2 aromatic rings. The SMILES string of the molecule is CC(=O)N1CCC(C(=O)N2CCN(S(=O)(=O)c3ccc4c(c3)sc(=O)n4C(C)C)CC2)CC1. The van der Waals surface area contributed by atoms with Crippen molar-refractivity contribution in [3.63, 3.8) is 0 Å². The minimum Gasteiger partial charge on any atom is -0.343 e. The fraction of sp³-hybridized carbons (Fsp3) is 0.591. The third-order valence-electron chi connectivity index (χ3n) is 6.58. The van der Waals surface area contributed by atoms with Crippen LogP contribution in [-0.2, 0) is 19.6 Å². The van der Waals surface area contributed by atoms with Gasteiger partial charge in [-0.3, -0.25) is 19.0 Å². The molecule has 0 radical (unpaired) electrons. The summed E-state index contributed by atoms with van der Waals surface area (Å²) < 4.78 is 30.2. The Labute approximate surface area is 197 Å². The average molecular weight is 495 g/mol. The number of nitrogens with zero attached hydrogens (tertiary/aromatic N) is 4. The highest BCUT2D eigenvalue weighted by molar-refractivity contribution is 7.89. The van der Waals surface area contributed by atoms with Gasteiger partial charge in [0.2, 0.25) is 21.8 Å². The number of piperazine rings is 1.